The number of nitrogens with zero attached hydrogens (tertiary/aromatic N) is 3. The Labute approximate surface area is 132 Å². The molecule has 2 heterocycles. The molecule has 0 saturated heterocycles. The monoisotopic (exact) mass is 316 g/mol. The summed E-state index contributed by atoms with van der Waals surface area (Å²) >= 11 is 3.36. The summed E-state index contributed by atoms with van der Waals surface area (Å²) in [6.07, 6.45) is 0. The maximum Gasteiger partial charge on any atom is 0.147 e. The van der Waals surface area contributed by atoms with Crippen molar-refractivity contribution in [2.75, 3.05) is 11.5 Å². The van der Waals surface area contributed by atoms with Gasteiger partial charge in [0.05, 0.1) is 0 Å². The summed E-state index contributed by atoms with van der Waals surface area (Å²) in [5.41, 5.74) is 2.99. The number of fused-ring (bicyclic) bond motifs is 1. The predicted octanol–water partition coefficient (Wildman–Crippen LogP) is 4.24. The largest absolute Gasteiger partial charge is 0.336 e. The van der Waals surface area contributed by atoms with E-state index in [1.807, 2.05) is 18.2 Å². The highest BCUT2D eigenvalue weighted by molar-refractivity contribution is 7.99. The van der Waals surface area contributed by atoms with Crippen LogP contribution < -0.4 is 0 Å². The van der Waals surface area contributed by atoms with Gasteiger partial charge in [0.25, 0.3) is 0 Å². The van der Waals surface area contributed by atoms with E-state index < -0.39 is 0 Å². The molecule has 1 aromatic carbocycles. The number of aromatic amines is 1. The fourth-order valence-electron chi connectivity index (χ4n) is 2.08. The molecule has 4 nitrogen and oxygen atoms in total. The van der Waals surface area contributed by atoms with Gasteiger partial charge in [-0.3, -0.25) is 0 Å². The third kappa shape index (κ3) is 2.91. The van der Waals surface area contributed by atoms with Crippen molar-refractivity contribution in [3.05, 3.63) is 30.3 Å². The molecular formula is C15H16N4S2. The molecule has 0 aliphatic rings. The van der Waals surface area contributed by atoms with Gasteiger partial charge in [-0.15, -0.1) is 33.7 Å². The molecule has 2 aromatic heterocycles. The number of rotatable bonds is 5. The lowest BCUT2D eigenvalue weighted by Gasteiger charge is -2.01. The Bertz CT molecular complexity index is 697. The zero-order chi connectivity index (χ0) is 14.7. The summed E-state index contributed by atoms with van der Waals surface area (Å²) < 4.78 is 0. The molecule has 0 radical (unpaired) electrons. The van der Waals surface area contributed by atoms with E-state index in [0.29, 0.717) is 0 Å². The topological polar surface area (TPSA) is 54.5 Å². The molecule has 3 aromatic rings. The zero-order valence-electron chi connectivity index (χ0n) is 12.0. The molecule has 0 atom stereocenters. The van der Waals surface area contributed by atoms with Gasteiger partial charge >= 0.3 is 0 Å². The fraction of sp³-hybridized carbons (Fsp3) is 0.267. The van der Waals surface area contributed by atoms with E-state index in [9.17, 15) is 0 Å². The minimum absolute atomic E-state index is 0.872. The highest BCUT2D eigenvalue weighted by Gasteiger charge is 2.15. The van der Waals surface area contributed by atoms with E-state index in [2.05, 4.69) is 41.2 Å². The molecule has 3 rings (SSSR count). The summed E-state index contributed by atoms with van der Waals surface area (Å²) in [6.45, 7) is 4.22. The SMILES string of the molecule is CCSc1nnc(SCC)c2[nH]c(-c3ccccc3)nc12. The molecule has 0 amide bonds. The summed E-state index contributed by atoms with van der Waals surface area (Å²) in [6, 6.07) is 10.1. The van der Waals surface area contributed by atoms with Crippen LogP contribution in [0.5, 0.6) is 0 Å². The molecule has 6 heteroatoms. The number of hydrogen-bond acceptors (Lipinski definition) is 5. The Morgan fingerprint density at radius 3 is 2.33 bits per heavy atom. The van der Waals surface area contributed by atoms with Crippen LogP contribution >= 0.6 is 23.5 Å². The zero-order valence-corrected chi connectivity index (χ0v) is 13.6. The number of hydrogen-bond donors (Lipinski definition) is 1. The van der Waals surface area contributed by atoms with E-state index in [-0.39, 0.29) is 0 Å². The summed E-state index contributed by atoms with van der Waals surface area (Å²) in [7, 11) is 0. The second-order valence-electron chi connectivity index (χ2n) is 4.35. The van der Waals surface area contributed by atoms with Gasteiger partial charge in [0.2, 0.25) is 0 Å². The van der Waals surface area contributed by atoms with Crippen LogP contribution in [0.2, 0.25) is 0 Å². The molecular weight excluding hydrogens is 300 g/mol. The van der Waals surface area contributed by atoms with Crippen LogP contribution in [0, 0.1) is 0 Å². The number of aromatic nitrogens is 4. The van der Waals surface area contributed by atoms with Crippen LogP contribution in [0.25, 0.3) is 22.4 Å². The first-order chi connectivity index (χ1) is 10.3. The van der Waals surface area contributed by atoms with Gasteiger partial charge in [0.1, 0.15) is 26.9 Å². The van der Waals surface area contributed by atoms with Gasteiger partial charge in [-0.25, -0.2) is 4.98 Å². The van der Waals surface area contributed by atoms with Crippen LogP contribution in [0.1, 0.15) is 13.8 Å². The Balaban J connectivity index is 2.17. The maximum atomic E-state index is 4.75. The Hall–Kier alpha value is -1.53. The average Bonchev–Trinajstić information content (AvgIpc) is 2.97. The van der Waals surface area contributed by atoms with Crippen LogP contribution in [-0.4, -0.2) is 31.7 Å². The summed E-state index contributed by atoms with van der Waals surface area (Å²) in [5, 5.41) is 10.5. The summed E-state index contributed by atoms with van der Waals surface area (Å²) in [5.74, 6) is 2.79. The van der Waals surface area contributed by atoms with Crippen molar-refractivity contribution in [1.29, 1.82) is 0 Å². The first kappa shape index (κ1) is 14.4. The average molecular weight is 316 g/mol. The normalized spacial score (nSPS) is 11.1. The van der Waals surface area contributed by atoms with Crippen molar-refractivity contribution in [1.82, 2.24) is 20.2 Å². The minimum Gasteiger partial charge on any atom is -0.336 e. The number of H-pyrrole nitrogens is 1. The molecule has 0 aliphatic carbocycles. The first-order valence-corrected chi connectivity index (χ1v) is 8.88. The lowest BCUT2D eigenvalue weighted by molar-refractivity contribution is 0.879. The number of benzene rings is 1. The van der Waals surface area contributed by atoms with E-state index in [4.69, 9.17) is 4.98 Å². The smallest absolute Gasteiger partial charge is 0.147 e. The van der Waals surface area contributed by atoms with E-state index >= 15 is 0 Å². The Kier molecular flexibility index (Phi) is 4.45. The highest BCUT2D eigenvalue weighted by Crippen LogP contribution is 2.31. The fourth-order valence-corrected chi connectivity index (χ4v) is 3.40. The third-order valence-corrected chi connectivity index (χ3v) is 4.65. The second kappa shape index (κ2) is 6.49. The van der Waals surface area contributed by atoms with E-state index in [1.165, 1.54) is 0 Å². The quantitative estimate of drug-likeness (QED) is 0.713. The predicted molar refractivity (Wildman–Crippen MR) is 89.9 cm³/mol. The van der Waals surface area contributed by atoms with Gasteiger partial charge in [-0.1, -0.05) is 44.2 Å². The molecule has 0 aliphatic heterocycles. The Morgan fingerprint density at radius 1 is 0.952 bits per heavy atom. The number of thioether (sulfide) groups is 2. The molecule has 0 bridgehead atoms. The van der Waals surface area contributed by atoms with Crippen LogP contribution in [0.15, 0.2) is 40.4 Å². The van der Waals surface area contributed by atoms with Crippen molar-refractivity contribution in [3.63, 3.8) is 0 Å². The van der Waals surface area contributed by atoms with Crippen molar-refractivity contribution < 1.29 is 0 Å². The first-order valence-electron chi connectivity index (χ1n) is 6.90. The molecule has 0 saturated carbocycles. The van der Waals surface area contributed by atoms with E-state index in [0.717, 1.165) is 44.0 Å². The van der Waals surface area contributed by atoms with Crippen molar-refractivity contribution >= 4 is 34.6 Å². The van der Waals surface area contributed by atoms with Crippen LogP contribution in [0.4, 0.5) is 0 Å². The number of imidazole rings is 1. The van der Waals surface area contributed by atoms with Crippen molar-refractivity contribution in [3.8, 4) is 11.4 Å². The molecule has 0 unspecified atom stereocenters. The third-order valence-electron chi connectivity index (χ3n) is 2.96. The summed E-state index contributed by atoms with van der Waals surface area (Å²) in [4.78, 5) is 8.17. The van der Waals surface area contributed by atoms with Gasteiger partial charge in [0.15, 0.2) is 0 Å². The lowest BCUT2D eigenvalue weighted by atomic mass is 10.2. The van der Waals surface area contributed by atoms with Crippen LogP contribution in [-0.2, 0) is 0 Å². The number of nitrogens with one attached hydrogen (secondary N) is 1. The van der Waals surface area contributed by atoms with Crippen LogP contribution in [0.3, 0.4) is 0 Å². The standard InChI is InChI=1S/C15H16N4S2/c1-3-20-14-11-12(15(19-18-14)21-4-2)17-13(16-11)10-8-6-5-7-9-10/h5-9H,3-4H2,1-2H3,(H,16,17). The Morgan fingerprint density at radius 2 is 1.62 bits per heavy atom. The highest BCUT2D eigenvalue weighted by atomic mass is 32.2. The molecule has 0 spiro atoms. The molecule has 0 fully saturated rings. The molecule has 1 N–H and O–H groups in total. The molecule has 21 heavy (non-hydrogen) atoms. The van der Waals surface area contributed by atoms with E-state index in [1.54, 1.807) is 23.5 Å². The van der Waals surface area contributed by atoms with Crippen molar-refractivity contribution in [2.45, 2.75) is 23.9 Å². The van der Waals surface area contributed by atoms with Gasteiger partial charge in [0, 0.05) is 5.56 Å². The van der Waals surface area contributed by atoms with Gasteiger partial charge < -0.3 is 4.98 Å². The maximum absolute atomic E-state index is 4.75. The van der Waals surface area contributed by atoms with Crippen molar-refractivity contribution in [2.24, 2.45) is 0 Å². The van der Waals surface area contributed by atoms with Gasteiger partial charge in [-0.05, 0) is 11.5 Å². The molecule has 108 valence electrons. The minimum atomic E-state index is 0.872. The second-order valence-corrected chi connectivity index (χ2v) is 6.86. The lowest BCUT2D eigenvalue weighted by Crippen LogP contribution is -1.92. The van der Waals surface area contributed by atoms with Gasteiger partial charge in [-0.2, -0.15) is 0 Å².